The van der Waals surface area contributed by atoms with E-state index in [-0.39, 0.29) is 6.04 Å². The maximum Gasteiger partial charge on any atom is 0.129 e. The van der Waals surface area contributed by atoms with Gasteiger partial charge in [0.15, 0.2) is 0 Å². The highest BCUT2D eigenvalue weighted by Gasteiger charge is 2.19. The highest BCUT2D eigenvalue weighted by atomic mass is 32.1. The van der Waals surface area contributed by atoms with Crippen molar-refractivity contribution in [3.05, 3.63) is 16.3 Å². The molecule has 96 valence electrons. The number of thiophene rings is 1. The van der Waals surface area contributed by atoms with E-state index in [2.05, 4.69) is 5.43 Å². The zero-order valence-corrected chi connectivity index (χ0v) is 11.0. The van der Waals surface area contributed by atoms with E-state index in [1.54, 1.807) is 18.4 Å². The summed E-state index contributed by atoms with van der Waals surface area (Å²) in [5.74, 6) is 6.52. The molecule has 0 spiro atoms. The maximum atomic E-state index is 5.62. The molecule has 5 heteroatoms. The molecule has 2 atom stereocenters. The van der Waals surface area contributed by atoms with Gasteiger partial charge in [-0.05, 0) is 31.7 Å². The van der Waals surface area contributed by atoms with Crippen molar-refractivity contribution in [3.63, 3.8) is 0 Å². The van der Waals surface area contributed by atoms with Crippen LogP contribution < -0.4 is 16.0 Å². The van der Waals surface area contributed by atoms with Crippen molar-refractivity contribution in [2.45, 2.75) is 37.8 Å². The summed E-state index contributed by atoms with van der Waals surface area (Å²) in [6, 6.07) is 2.25. The Morgan fingerprint density at radius 3 is 3.18 bits per heavy atom. The van der Waals surface area contributed by atoms with Gasteiger partial charge in [0.2, 0.25) is 0 Å². The van der Waals surface area contributed by atoms with Crippen LogP contribution in [0.3, 0.4) is 0 Å². The van der Waals surface area contributed by atoms with Gasteiger partial charge < -0.3 is 9.47 Å². The van der Waals surface area contributed by atoms with Gasteiger partial charge in [0.1, 0.15) is 5.75 Å². The molecule has 0 radical (unpaired) electrons. The number of hydrazine groups is 1. The Balaban J connectivity index is 1.86. The van der Waals surface area contributed by atoms with Gasteiger partial charge in [0.25, 0.3) is 0 Å². The monoisotopic (exact) mass is 256 g/mol. The Hall–Kier alpha value is -0.620. The molecule has 3 N–H and O–H groups in total. The molecule has 0 bridgehead atoms. The minimum Gasteiger partial charge on any atom is -0.496 e. The summed E-state index contributed by atoms with van der Waals surface area (Å²) in [5.41, 5.74) is 2.88. The molecular formula is C12H20N2O2S. The van der Waals surface area contributed by atoms with Crippen molar-refractivity contribution in [2.24, 2.45) is 5.84 Å². The van der Waals surface area contributed by atoms with E-state index < -0.39 is 0 Å². The summed E-state index contributed by atoms with van der Waals surface area (Å²) in [5, 5.41) is 2.01. The van der Waals surface area contributed by atoms with Crippen LogP contribution in [0.5, 0.6) is 5.75 Å². The third-order valence-electron chi connectivity index (χ3n) is 3.18. The molecule has 0 amide bonds. The lowest BCUT2D eigenvalue weighted by atomic mass is 10.1. The number of methoxy groups -OCH3 is 1. The quantitative estimate of drug-likeness (QED) is 0.605. The van der Waals surface area contributed by atoms with Gasteiger partial charge in [-0.3, -0.25) is 11.3 Å². The number of nitrogens with two attached hydrogens (primary N) is 1. The molecule has 1 aliphatic heterocycles. The normalized spacial score (nSPS) is 21.6. The van der Waals surface area contributed by atoms with Crippen LogP contribution in [0.2, 0.25) is 0 Å². The van der Waals surface area contributed by atoms with Gasteiger partial charge in [-0.2, -0.15) is 0 Å². The average molecular weight is 256 g/mol. The molecule has 17 heavy (non-hydrogen) atoms. The SMILES string of the molecule is COc1csc(C(CCC2CCCO2)NN)c1. The van der Waals surface area contributed by atoms with E-state index in [0.717, 1.165) is 25.2 Å². The number of ether oxygens (including phenoxy) is 2. The van der Waals surface area contributed by atoms with E-state index in [9.17, 15) is 0 Å². The minimum absolute atomic E-state index is 0.202. The van der Waals surface area contributed by atoms with Crippen LogP contribution >= 0.6 is 11.3 Å². The van der Waals surface area contributed by atoms with E-state index in [4.69, 9.17) is 15.3 Å². The van der Waals surface area contributed by atoms with E-state index in [1.165, 1.54) is 17.7 Å². The lowest BCUT2D eigenvalue weighted by molar-refractivity contribution is 0.0997. The molecule has 0 aliphatic carbocycles. The molecule has 1 saturated heterocycles. The lowest BCUT2D eigenvalue weighted by Gasteiger charge is -2.16. The lowest BCUT2D eigenvalue weighted by Crippen LogP contribution is -2.28. The topological polar surface area (TPSA) is 56.5 Å². The standard InChI is InChI=1S/C12H20N2O2S/c1-15-10-7-12(17-8-10)11(14-13)5-4-9-3-2-6-16-9/h7-9,11,14H,2-6,13H2,1H3. The Morgan fingerprint density at radius 2 is 2.59 bits per heavy atom. The Kier molecular flexibility index (Phi) is 4.79. The fourth-order valence-electron chi connectivity index (χ4n) is 2.16. The van der Waals surface area contributed by atoms with Crippen LogP contribution in [0.15, 0.2) is 11.4 Å². The van der Waals surface area contributed by atoms with Crippen molar-refractivity contribution in [1.82, 2.24) is 5.43 Å². The largest absolute Gasteiger partial charge is 0.496 e. The first-order chi connectivity index (χ1) is 8.33. The van der Waals surface area contributed by atoms with Crippen molar-refractivity contribution < 1.29 is 9.47 Å². The van der Waals surface area contributed by atoms with Gasteiger partial charge in [0.05, 0.1) is 19.3 Å². The van der Waals surface area contributed by atoms with Gasteiger partial charge in [0, 0.05) is 16.9 Å². The van der Waals surface area contributed by atoms with Crippen LogP contribution in [0, 0.1) is 0 Å². The predicted octanol–water partition coefficient (Wildman–Crippen LogP) is 2.22. The molecule has 4 nitrogen and oxygen atoms in total. The smallest absolute Gasteiger partial charge is 0.129 e. The van der Waals surface area contributed by atoms with Crippen LogP contribution in [0.25, 0.3) is 0 Å². The summed E-state index contributed by atoms with van der Waals surface area (Å²) in [4.78, 5) is 1.22. The molecule has 1 aromatic rings. The van der Waals surface area contributed by atoms with Crippen LogP contribution in [0.1, 0.15) is 36.6 Å². The van der Waals surface area contributed by atoms with Crippen molar-refractivity contribution in [1.29, 1.82) is 0 Å². The molecule has 1 aliphatic rings. The summed E-state index contributed by atoms with van der Waals surface area (Å²) in [6.45, 7) is 0.915. The van der Waals surface area contributed by atoms with Crippen LogP contribution in [-0.2, 0) is 4.74 Å². The fraction of sp³-hybridized carbons (Fsp3) is 0.667. The van der Waals surface area contributed by atoms with Gasteiger partial charge in [-0.15, -0.1) is 11.3 Å². The second-order valence-corrected chi connectivity index (χ2v) is 5.26. The van der Waals surface area contributed by atoms with Gasteiger partial charge in [-0.1, -0.05) is 0 Å². The molecule has 0 aromatic carbocycles. The molecule has 1 fully saturated rings. The zero-order chi connectivity index (χ0) is 12.1. The number of hydrogen-bond donors (Lipinski definition) is 2. The molecule has 0 saturated carbocycles. The summed E-state index contributed by atoms with van der Waals surface area (Å²) >= 11 is 1.68. The van der Waals surface area contributed by atoms with Crippen molar-refractivity contribution in [3.8, 4) is 5.75 Å². The summed E-state index contributed by atoms with van der Waals surface area (Å²) in [7, 11) is 1.68. The van der Waals surface area contributed by atoms with E-state index in [0.29, 0.717) is 6.10 Å². The summed E-state index contributed by atoms with van der Waals surface area (Å²) in [6.07, 6.45) is 4.87. The molecule has 1 aromatic heterocycles. The van der Waals surface area contributed by atoms with Gasteiger partial charge in [-0.25, -0.2) is 0 Å². The maximum absolute atomic E-state index is 5.62. The average Bonchev–Trinajstić information content (AvgIpc) is 3.00. The zero-order valence-electron chi connectivity index (χ0n) is 10.1. The van der Waals surface area contributed by atoms with E-state index in [1.807, 2.05) is 11.4 Å². The Morgan fingerprint density at radius 1 is 1.71 bits per heavy atom. The third-order valence-corrected chi connectivity index (χ3v) is 4.20. The van der Waals surface area contributed by atoms with Crippen LogP contribution in [-0.4, -0.2) is 19.8 Å². The highest BCUT2D eigenvalue weighted by molar-refractivity contribution is 7.10. The Labute approximate surface area is 106 Å². The van der Waals surface area contributed by atoms with E-state index >= 15 is 0 Å². The molecular weight excluding hydrogens is 236 g/mol. The molecule has 2 unspecified atom stereocenters. The Bertz CT molecular complexity index is 337. The molecule has 2 rings (SSSR count). The minimum atomic E-state index is 0.202. The first kappa shape index (κ1) is 12.8. The van der Waals surface area contributed by atoms with Gasteiger partial charge >= 0.3 is 0 Å². The number of rotatable bonds is 6. The third kappa shape index (κ3) is 3.42. The second kappa shape index (κ2) is 6.35. The number of nitrogens with one attached hydrogen (secondary N) is 1. The number of hydrogen-bond acceptors (Lipinski definition) is 5. The first-order valence-electron chi connectivity index (χ1n) is 6.03. The van der Waals surface area contributed by atoms with Crippen molar-refractivity contribution >= 4 is 11.3 Å². The summed E-state index contributed by atoms with van der Waals surface area (Å²) < 4.78 is 10.8. The van der Waals surface area contributed by atoms with Crippen molar-refractivity contribution in [2.75, 3.05) is 13.7 Å². The fourth-order valence-corrected chi connectivity index (χ4v) is 3.11. The molecule has 2 heterocycles. The first-order valence-corrected chi connectivity index (χ1v) is 6.91. The van der Waals surface area contributed by atoms with Crippen LogP contribution in [0.4, 0.5) is 0 Å². The predicted molar refractivity (Wildman–Crippen MR) is 69.1 cm³/mol. The highest BCUT2D eigenvalue weighted by Crippen LogP contribution is 2.30. The second-order valence-electron chi connectivity index (χ2n) is 4.32.